The molecule has 0 aliphatic heterocycles. The molecule has 0 saturated carbocycles. The maximum absolute atomic E-state index is 11.6. The SMILES string of the molecule is Cc1cc(C)c(C(N)=O)c(Sc2ccnc(C(=O)O)c2)n1. The van der Waals surface area contributed by atoms with Crippen molar-refractivity contribution in [3.05, 3.63) is 46.9 Å². The van der Waals surface area contributed by atoms with Gasteiger partial charge in [0.2, 0.25) is 0 Å². The molecule has 0 atom stereocenters. The van der Waals surface area contributed by atoms with Crippen molar-refractivity contribution in [2.24, 2.45) is 5.73 Å². The van der Waals surface area contributed by atoms with Gasteiger partial charge in [-0.2, -0.15) is 0 Å². The highest BCUT2D eigenvalue weighted by Crippen LogP contribution is 2.30. The summed E-state index contributed by atoms with van der Waals surface area (Å²) in [6.45, 7) is 3.60. The predicted molar refractivity (Wildman–Crippen MR) is 77.5 cm³/mol. The van der Waals surface area contributed by atoms with Gasteiger partial charge in [0.15, 0.2) is 0 Å². The first-order valence-corrected chi connectivity index (χ1v) is 6.85. The van der Waals surface area contributed by atoms with E-state index in [1.54, 1.807) is 19.1 Å². The van der Waals surface area contributed by atoms with Gasteiger partial charge in [0.1, 0.15) is 10.7 Å². The number of carboxylic acid groups (broad SMARTS) is 1. The molecule has 2 rings (SSSR count). The zero-order valence-corrected chi connectivity index (χ0v) is 12.3. The summed E-state index contributed by atoms with van der Waals surface area (Å²) in [5.41, 5.74) is 7.18. The molecule has 0 unspecified atom stereocenters. The number of rotatable bonds is 4. The van der Waals surface area contributed by atoms with Gasteiger partial charge in [-0.1, -0.05) is 11.8 Å². The first-order chi connectivity index (χ1) is 9.88. The van der Waals surface area contributed by atoms with Gasteiger partial charge in [0, 0.05) is 16.8 Å². The zero-order chi connectivity index (χ0) is 15.6. The molecule has 2 aromatic heterocycles. The molecule has 7 heteroatoms. The van der Waals surface area contributed by atoms with E-state index in [4.69, 9.17) is 10.8 Å². The minimum atomic E-state index is -1.11. The molecule has 0 bridgehead atoms. The molecule has 0 radical (unpaired) electrons. The van der Waals surface area contributed by atoms with Crippen LogP contribution >= 0.6 is 11.8 Å². The van der Waals surface area contributed by atoms with E-state index in [2.05, 4.69) is 9.97 Å². The number of pyridine rings is 2. The fraction of sp³-hybridized carbons (Fsp3) is 0.143. The first-order valence-electron chi connectivity index (χ1n) is 6.03. The average molecular weight is 303 g/mol. The molecule has 0 saturated heterocycles. The second kappa shape index (κ2) is 5.92. The van der Waals surface area contributed by atoms with Crippen molar-refractivity contribution in [2.45, 2.75) is 23.8 Å². The summed E-state index contributed by atoms with van der Waals surface area (Å²) < 4.78 is 0. The highest BCUT2D eigenvalue weighted by molar-refractivity contribution is 7.99. The minimum Gasteiger partial charge on any atom is -0.477 e. The Balaban J connectivity index is 2.46. The standard InChI is InChI=1S/C14H13N3O3S/c1-7-5-8(2)17-13(11(7)12(15)18)21-9-3-4-16-10(6-9)14(19)20/h3-6H,1-2H3,(H2,15,18)(H,19,20). The number of carboxylic acids is 1. The number of hydrogen-bond acceptors (Lipinski definition) is 5. The smallest absolute Gasteiger partial charge is 0.354 e. The van der Waals surface area contributed by atoms with E-state index in [-0.39, 0.29) is 5.69 Å². The van der Waals surface area contributed by atoms with Crippen LogP contribution in [-0.4, -0.2) is 27.0 Å². The lowest BCUT2D eigenvalue weighted by Gasteiger charge is -2.10. The van der Waals surface area contributed by atoms with Crippen molar-refractivity contribution < 1.29 is 14.7 Å². The normalized spacial score (nSPS) is 10.4. The van der Waals surface area contributed by atoms with Crippen LogP contribution in [0.5, 0.6) is 0 Å². The van der Waals surface area contributed by atoms with Crippen LogP contribution in [-0.2, 0) is 0 Å². The number of primary amides is 1. The lowest BCUT2D eigenvalue weighted by molar-refractivity contribution is 0.0690. The van der Waals surface area contributed by atoms with E-state index in [0.717, 1.165) is 11.3 Å². The van der Waals surface area contributed by atoms with Gasteiger partial charge in [-0.25, -0.2) is 14.8 Å². The number of nitrogens with two attached hydrogens (primary N) is 1. The molecular formula is C14H13N3O3S. The van der Waals surface area contributed by atoms with Gasteiger partial charge in [-0.3, -0.25) is 4.79 Å². The van der Waals surface area contributed by atoms with Crippen LogP contribution in [0.4, 0.5) is 0 Å². The van der Waals surface area contributed by atoms with Gasteiger partial charge >= 0.3 is 5.97 Å². The Morgan fingerprint density at radius 2 is 2.00 bits per heavy atom. The van der Waals surface area contributed by atoms with Crippen molar-refractivity contribution in [3.8, 4) is 0 Å². The van der Waals surface area contributed by atoms with Crippen LogP contribution in [0.3, 0.4) is 0 Å². The van der Waals surface area contributed by atoms with Gasteiger partial charge in [0.05, 0.1) is 5.56 Å². The van der Waals surface area contributed by atoms with E-state index in [1.807, 2.05) is 6.92 Å². The molecule has 2 aromatic rings. The van der Waals surface area contributed by atoms with Crippen molar-refractivity contribution >= 4 is 23.6 Å². The molecule has 1 amide bonds. The van der Waals surface area contributed by atoms with Gasteiger partial charge in [0.25, 0.3) is 5.91 Å². The van der Waals surface area contributed by atoms with E-state index >= 15 is 0 Å². The Morgan fingerprint density at radius 3 is 2.62 bits per heavy atom. The summed E-state index contributed by atoms with van der Waals surface area (Å²) in [7, 11) is 0. The molecule has 6 nitrogen and oxygen atoms in total. The Bertz CT molecular complexity index is 731. The number of amides is 1. The Labute approximate surface area is 125 Å². The third-order valence-electron chi connectivity index (χ3n) is 2.72. The predicted octanol–water partition coefficient (Wildman–Crippen LogP) is 2.04. The van der Waals surface area contributed by atoms with E-state index in [1.165, 1.54) is 24.0 Å². The third-order valence-corrected chi connectivity index (χ3v) is 3.70. The Kier molecular flexibility index (Phi) is 4.23. The fourth-order valence-corrected chi connectivity index (χ4v) is 2.96. The molecule has 0 spiro atoms. The van der Waals surface area contributed by atoms with Crippen LogP contribution in [0.25, 0.3) is 0 Å². The number of aromatic carboxylic acids is 1. The summed E-state index contributed by atoms with van der Waals surface area (Å²) in [4.78, 5) is 31.2. The summed E-state index contributed by atoms with van der Waals surface area (Å²) in [5, 5.41) is 9.41. The summed E-state index contributed by atoms with van der Waals surface area (Å²) in [6, 6.07) is 4.86. The monoisotopic (exact) mass is 303 g/mol. The highest BCUT2D eigenvalue weighted by atomic mass is 32.2. The van der Waals surface area contributed by atoms with Crippen LogP contribution in [0.1, 0.15) is 32.1 Å². The molecule has 0 aliphatic rings. The number of nitrogens with zero attached hydrogens (tertiary/aromatic N) is 2. The molecule has 3 N–H and O–H groups in total. The highest BCUT2D eigenvalue weighted by Gasteiger charge is 2.16. The van der Waals surface area contributed by atoms with E-state index in [0.29, 0.717) is 15.5 Å². The van der Waals surface area contributed by atoms with Crippen molar-refractivity contribution in [1.82, 2.24) is 9.97 Å². The quantitative estimate of drug-likeness (QED) is 0.895. The number of aromatic nitrogens is 2. The van der Waals surface area contributed by atoms with Gasteiger partial charge in [-0.05, 0) is 37.6 Å². The van der Waals surface area contributed by atoms with Gasteiger partial charge in [-0.15, -0.1) is 0 Å². The van der Waals surface area contributed by atoms with Crippen LogP contribution in [0, 0.1) is 13.8 Å². The average Bonchev–Trinajstić information content (AvgIpc) is 2.37. The molecule has 108 valence electrons. The Morgan fingerprint density at radius 1 is 1.29 bits per heavy atom. The first kappa shape index (κ1) is 15.0. The van der Waals surface area contributed by atoms with Crippen molar-refractivity contribution in [1.29, 1.82) is 0 Å². The zero-order valence-electron chi connectivity index (χ0n) is 11.5. The maximum atomic E-state index is 11.6. The number of hydrogen-bond donors (Lipinski definition) is 2. The molecule has 2 heterocycles. The number of carbonyl (C=O) groups is 2. The summed E-state index contributed by atoms with van der Waals surface area (Å²) in [6.07, 6.45) is 1.40. The summed E-state index contributed by atoms with van der Waals surface area (Å²) in [5.74, 6) is -1.67. The molecule has 0 aromatic carbocycles. The molecule has 0 fully saturated rings. The number of carbonyl (C=O) groups excluding carboxylic acids is 1. The lowest BCUT2D eigenvalue weighted by Crippen LogP contribution is -2.15. The minimum absolute atomic E-state index is 0.0648. The number of aryl methyl sites for hydroxylation is 2. The third kappa shape index (κ3) is 3.38. The van der Waals surface area contributed by atoms with E-state index in [9.17, 15) is 9.59 Å². The molecule has 21 heavy (non-hydrogen) atoms. The van der Waals surface area contributed by atoms with E-state index < -0.39 is 11.9 Å². The lowest BCUT2D eigenvalue weighted by atomic mass is 10.1. The van der Waals surface area contributed by atoms with Gasteiger partial charge < -0.3 is 10.8 Å². The molecule has 0 aliphatic carbocycles. The summed E-state index contributed by atoms with van der Waals surface area (Å²) >= 11 is 1.19. The molecular weight excluding hydrogens is 290 g/mol. The fourth-order valence-electron chi connectivity index (χ4n) is 1.88. The van der Waals surface area contributed by atoms with Crippen molar-refractivity contribution in [3.63, 3.8) is 0 Å². The Hall–Kier alpha value is -2.41. The maximum Gasteiger partial charge on any atom is 0.354 e. The van der Waals surface area contributed by atoms with Crippen LogP contribution < -0.4 is 5.73 Å². The second-order valence-corrected chi connectivity index (χ2v) is 5.47. The van der Waals surface area contributed by atoms with Crippen molar-refractivity contribution in [2.75, 3.05) is 0 Å². The van der Waals surface area contributed by atoms with Crippen LogP contribution in [0.15, 0.2) is 34.3 Å². The topological polar surface area (TPSA) is 106 Å². The second-order valence-electron chi connectivity index (χ2n) is 4.41. The largest absolute Gasteiger partial charge is 0.477 e. The van der Waals surface area contributed by atoms with Crippen LogP contribution in [0.2, 0.25) is 0 Å².